The van der Waals surface area contributed by atoms with E-state index in [1.807, 2.05) is 0 Å². The first kappa shape index (κ1) is 17.7. The van der Waals surface area contributed by atoms with Crippen molar-refractivity contribution < 1.29 is 14.4 Å². The summed E-state index contributed by atoms with van der Waals surface area (Å²) in [5, 5.41) is 17.1. The van der Waals surface area contributed by atoms with Crippen molar-refractivity contribution in [1.82, 2.24) is 19.6 Å². The lowest BCUT2D eigenvalue weighted by atomic mass is 10.1. The highest BCUT2D eigenvalue weighted by Crippen LogP contribution is 2.39. The number of fused-ring (bicyclic) bond motifs is 3. The fraction of sp³-hybridized carbons (Fsp3) is 0.375. The van der Waals surface area contributed by atoms with Gasteiger partial charge in [-0.1, -0.05) is 0 Å². The molecule has 0 atom stereocenters. The van der Waals surface area contributed by atoms with Crippen LogP contribution in [0.5, 0.6) is 0 Å². The Morgan fingerprint density at radius 2 is 1.96 bits per heavy atom. The molecule has 140 valence electrons. The van der Waals surface area contributed by atoms with E-state index in [2.05, 4.69) is 26.2 Å². The molecule has 0 aliphatic carbocycles. The molecule has 27 heavy (non-hydrogen) atoms. The third kappa shape index (κ3) is 3.21. The molecule has 0 unspecified atom stereocenters. The van der Waals surface area contributed by atoms with Gasteiger partial charge in [0, 0.05) is 13.1 Å². The molecule has 3 heterocycles. The Bertz CT molecular complexity index is 1180. The van der Waals surface area contributed by atoms with Crippen molar-refractivity contribution in [2.24, 2.45) is 0 Å². The van der Waals surface area contributed by atoms with Gasteiger partial charge in [-0.3, -0.25) is 13.8 Å². The molecule has 1 aliphatic heterocycles. The van der Waals surface area contributed by atoms with E-state index in [1.54, 1.807) is 12.1 Å². The minimum Gasteiger partial charge on any atom is -0.370 e. The molecule has 11 heteroatoms. The second-order valence-corrected chi connectivity index (χ2v) is 8.24. The maximum atomic E-state index is 12.3. The van der Waals surface area contributed by atoms with E-state index in [-0.39, 0.29) is 11.5 Å². The highest BCUT2D eigenvalue weighted by atomic mass is 31.2. The third-order valence-electron chi connectivity index (χ3n) is 4.70. The van der Waals surface area contributed by atoms with Gasteiger partial charge in [-0.05, 0) is 31.4 Å². The largest absolute Gasteiger partial charge is 0.370 e. The number of piperidine rings is 1. The average molecular weight is 388 g/mol. The van der Waals surface area contributed by atoms with E-state index >= 15 is 0 Å². The predicted octanol–water partition coefficient (Wildman–Crippen LogP) is 1.11. The molecule has 4 rings (SSSR count). The minimum absolute atomic E-state index is 0.00346. The van der Waals surface area contributed by atoms with Crippen LogP contribution in [0.2, 0.25) is 0 Å². The summed E-state index contributed by atoms with van der Waals surface area (Å²) in [4.78, 5) is 35.7. The molecular weight excluding hydrogens is 371 g/mol. The molecule has 3 N–H and O–H groups in total. The Morgan fingerprint density at radius 3 is 2.63 bits per heavy atom. The van der Waals surface area contributed by atoms with Crippen LogP contribution in [0.4, 0.5) is 5.69 Å². The zero-order chi connectivity index (χ0) is 19.2. The summed E-state index contributed by atoms with van der Waals surface area (Å²) >= 11 is 0. The van der Waals surface area contributed by atoms with Crippen molar-refractivity contribution >= 4 is 30.0 Å². The molecule has 3 aromatic rings. The van der Waals surface area contributed by atoms with Crippen LogP contribution in [-0.2, 0) is 10.7 Å². The highest BCUT2D eigenvalue weighted by molar-refractivity contribution is 7.50. The van der Waals surface area contributed by atoms with Crippen molar-refractivity contribution in [3.63, 3.8) is 0 Å². The van der Waals surface area contributed by atoms with Crippen LogP contribution in [0.25, 0.3) is 16.7 Å². The fourth-order valence-electron chi connectivity index (χ4n) is 3.53. The van der Waals surface area contributed by atoms with E-state index < -0.39 is 19.3 Å². The third-order valence-corrected chi connectivity index (χ3v) is 5.40. The summed E-state index contributed by atoms with van der Waals surface area (Å²) in [7, 11) is -4.40. The van der Waals surface area contributed by atoms with Crippen LogP contribution in [0.1, 0.15) is 30.7 Å². The van der Waals surface area contributed by atoms with Gasteiger partial charge in [0.25, 0.3) is 5.56 Å². The Labute approximate surface area is 153 Å². The summed E-state index contributed by atoms with van der Waals surface area (Å²) in [6.45, 7) is 1.65. The number of nitriles is 1. The number of aromatic amines is 1. The molecule has 0 radical (unpaired) electrons. The standard InChI is InChI=1S/C16H17N6O4P/c17-8-10-6-11-13(7-12(10)21-4-2-1-3-5-21)22-14(9-27(24,25)26)19-20-15(22)16(23)18-11/h6-7H,1-5,9H2,(H,18,23)(H2,24,25,26). The molecule has 1 aromatic carbocycles. The molecule has 1 aliphatic rings. The number of rotatable bonds is 3. The van der Waals surface area contributed by atoms with Gasteiger partial charge in [0.2, 0.25) is 5.65 Å². The van der Waals surface area contributed by atoms with E-state index in [0.717, 1.165) is 38.0 Å². The van der Waals surface area contributed by atoms with E-state index in [9.17, 15) is 24.4 Å². The van der Waals surface area contributed by atoms with Crippen LogP contribution < -0.4 is 10.5 Å². The lowest BCUT2D eigenvalue weighted by molar-refractivity contribution is 0.370. The number of hydrogen-bond acceptors (Lipinski definition) is 6. The Hall–Kier alpha value is -2.73. The molecule has 0 bridgehead atoms. The zero-order valence-corrected chi connectivity index (χ0v) is 15.2. The van der Waals surface area contributed by atoms with Crippen LogP contribution in [0.3, 0.4) is 0 Å². The summed E-state index contributed by atoms with van der Waals surface area (Å²) in [6, 6.07) is 5.51. The van der Waals surface area contributed by atoms with Crippen molar-refractivity contribution in [1.29, 1.82) is 5.26 Å². The molecule has 2 aromatic heterocycles. The number of H-pyrrole nitrogens is 1. The van der Waals surface area contributed by atoms with Gasteiger partial charge in [0.1, 0.15) is 18.1 Å². The monoisotopic (exact) mass is 388 g/mol. The maximum Gasteiger partial charge on any atom is 0.333 e. The van der Waals surface area contributed by atoms with Crippen LogP contribution in [0, 0.1) is 11.3 Å². The topological polar surface area (TPSA) is 148 Å². The lowest BCUT2D eigenvalue weighted by Gasteiger charge is -2.29. The first-order valence-corrected chi connectivity index (χ1v) is 10.3. The highest BCUT2D eigenvalue weighted by Gasteiger charge is 2.23. The number of aromatic nitrogens is 4. The molecular formula is C16H17N6O4P. The second kappa shape index (κ2) is 6.46. The van der Waals surface area contributed by atoms with Gasteiger partial charge < -0.3 is 19.7 Å². The molecule has 0 saturated carbocycles. The summed E-state index contributed by atoms with van der Waals surface area (Å²) in [5.74, 6) is 0.00346. The first-order chi connectivity index (χ1) is 12.9. The van der Waals surface area contributed by atoms with E-state index in [1.165, 1.54) is 4.40 Å². The zero-order valence-electron chi connectivity index (χ0n) is 14.3. The smallest absolute Gasteiger partial charge is 0.333 e. The number of nitrogens with one attached hydrogen (secondary N) is 1. The van der Waals surface area contributed by atoms with E-state index in [0.29, 0.717) is 16.6 Å². The normalized spacial score (nSPS) is 15.4. The van der Waals surface area contributed by atoms with Crippen molar-refractivity contribution in [2.45, 2.75) is 25.4 Å². The van der Waals surface area contributed by atoms with Gasteiger partial charge in [-0.2, -0.15) is 5.26 Å². The molecule has 1 saturated heterocycles. The Balaban J connectivity index is 2.02. The predicted molar refractivity (Wildman–Crippen MR) is 97.6 cm³/mol. The van der Waals surface area contributed by atoms with Crippen LogP contribution in [-0.4, -0.2) is 42.5 Å². The maximum absolute atomic E-state index is 12.3. The van der Waals surface area contributed by atoms with Gasteiger partial charge in [-0.15, -0.1) is 10.2 Å². The van der Waals surface area contributed by atoms with Crippen LogP contribution in [0.15, 0.2) is 16.9 Å². The SMILES string of the molecule is N#Cc1cc2[nH]c(=O)c3nnc(CP(=O)(O)O)n3c2cc1N1CCCCC1. The Morgan fingerprint density at radius 1 is 1.22 bits per heavy atom. The average Bonchev–Trinajstić information content (AvgIpc) is 3.04. The minimum atomic E-state index is -4.40. The van der Waals surface area contributed by atoms with E-state index in [4.69, 9.17) is 0 Å². The number of benzene rings is 1. The van der Waals surface area contributed by atoms with Crippen molar-refractivity contribution in [2.75, 3.05) is 18.0 Å². The molecule has 10 nitrogen and oxygen atoms in total. The molecule has 0 spiro atoms. The van der Waals surface area contributed by atoms with Gasteiger partial charge in [0.15, 0.2) is 0 Å². The number of anilines is 1. The molecule has 1 fully saturated rings. The van der Waals surface area contributed by atoms with Crippen molar-refractivity contribution in [3.05, 3.63) is 33.9 Å². The first-order valence-electron chi connectivity index (χ1n) is 8.51. The Kier molecular flexibility index (Phi) is 4.23. The number of nitrogens with zero attached hydrogens (tertiary/aromatic N) is 5. The summed E-state index contributed by atoms with van der Waals surface area (Å²) in [6.07, 6.45) is 2.56. The number of hydrogen-bond donors (Lipinski definition) is 3. The lowest BCUT2D eigenvalue weighted by Crippen LogP contribution is -2.30. The van der Waals surface area contributed by atoms with Gasteiger partial charge in [-0.25, -0.2) is 0 Å². The second-order valence-electron chi connectivity index (χ2n) is 6.60. The molecule has 0 amide bonds. The van der Waals surface area contributed by atoms with Gasteiger partial charge in [0.05, 0.1) is 22.3 Å². The quantitative estimate of drug-likeness (QED) is 0.565. The summed E-state index contributed by atoms with van der Waals surface area (Å²) < 4.78 is 12.8. The van der Waals surface area contributed by atoms with Crippen molar-refractivity contribution in [3.8, 4) is 6.07 Å². The van der Waals surface area contributed by atoms with Gasteiger partial charge >= 0.3 is 7.60 Å². The fourth-order valence-corrected chi connectivity index (χ4v) is 4.10. The van der Waals surface area contributed by atoms with Crippen LogP contribution >= 0.6 is 7.60 Å². The summed E-state index contributed by atoms with van der Waals surface area (Å²) in [5.41, 5.74) is 1.47.